The van der Waals surface area contributed by atoms with Crippen LogP contribution >= 0.6 is 0 Å². The number of piperazine rings is 1. The van der Waals surface area contributed by atoms with E-state index in [2.05, 4.69) is 24.2 Å². The van der Waals surface area contributed by atoms with Gasteiger partial charge in [-0.3, -0.25) is 9.59 Å². The monoisotopic (exact) mass is 279 g/mol. The first-order valence-electron chi connectivity index (χ1n) is 7.84. The van der Waals surface area contributed by atoms with Crippen molar-refractivity contribution in [1.82, 2.24) is 15.1 Å². The molecule has 1 saturated carbocycles. The molecule has 2 atom stereocenters. The fourth-order valence-electron chi connectivity index (χ4n) is 4.02. The summed E-state index contributed by atoms with van der Waals surface area (Å²) in [4.78, 5) is 29.1. The van der Waals surface area contributed by atoms with Crippen LogP contribution in [0, 0.1) is 0 Å². The van der Waals surface area contributed by atoms with Crippen molar-refractivity contribution in [3.63, 3.8) is 0 Å². The molecule has 3 aliphatic rings. The second-order valence-electron chi connectivity index (χ2n) is 6.78. The second kappa shape index (κ2) is 5.02. The van der Waals surface area contributed by atoms with Gasteiger partial charge >= 0.3 is 0 Å². The van der Waals surface area contributed by atoms with Crippen molar-refractivity contribution in [2.45, 2.75) is 63.1 Å². The Labute approximate surface area is 120 Å². The van der Waals surface area contributed by atoms with E-state index >= 15 is 0 Å². The van der Waals surface area contributed by atoms with Crippen LogP contribution in [0.1, 0.15) is 45.4 Å². The zero-order chi connectivity index (χ0) is 14.3. The molecule has 1 aliphatic carbocycles. The van der Waals surface area contributed by atoms with Gasteiger partial charge in [-0.25, -0.2) is 0 Å². The minimum atomic E-state index is -0.568. The Morgan fingerprint density at radius 1 is 1.25 bits per heavy atom. The highest BCUT2D eigenvalue weighted by Crippen LogP contribution is 2.35. The van der Waals surface area contributed by atoms with Gasteiger partial charge in [0.2, 0.25) is 11.8 Å². The Balaban J connectivity index is 1.78. The molecule has 1 N–H and O–H groups in total. The number of carbonyl (C=O) groups excluding carboxylic acids is 2. The number of hydrogen-bond acceptors (Lipinski definition) is 3. The third-order valence-electron chi connectivity index (χ3n) is 5.44. The lowest BCUT2D eigenvalue weighted by atomic mass is 9.89. The topological polar surface area (TPSA) is 52.7 Å². The van der Waals surface area contributed by atoms with Crippen LogP contribution in [0.15, 0.2) is 0 Å². The molecule has 0 bridgehead atoms. The van der Waals surface area contributed by atoms with E-state index in [9.17, 15) is 9.59 Å². The lowest BCUT2D eigenvalue weighted by Gasteiger charge is -2.46. The molecule has 0 aromatic rings. The van der Waals surface area contributed by atoms with Crippen LogP contribution in [0.3, 0.4) is 0 Å². The SMILES string of the molecule is CC1CC(N2CC(=O)NC3(CCCC3)C2=O)CCN1C. The lowest BCUT2D eigenvalue weighted by Crippen LogP contribution is -2.68. The van der Waals surface area contributed by atoms with Gasteiger partial charge in [0, 0.05) is 18.6 Å². The first-order valence-corrected chi connectivity index (χ1v) is 7.84. The molecule has 2 aliphatic heterocycles. The first-order chi connectivity index (χ1) is 9.52. The van der Waals surface area contributed by atoms with Gasteiger partial charge in [0.1, 0.15) is 5.54 Å². The van der Waals surface area contributed by atoms with Crippen molar-refractivity contribution in [3.05, 3.63) is 0 Å². The number of nitrogens with zero attached hydrogens (tertiary/aromatic N) is 2. The van der Waals surface area contributed by atoms with E-state index in [1.54, 1.807) is 0 Å². The molecule has 0 aromatic heterocycles. The highest BCUT2D eigenvalue weighted by molar-refractivity contribution is 5.98. The van der Waals surface area contributed by atoms with Crippen LogP contribution in [0.5, 0.6) is 0 Å². The smallest absolute Gasteiger partial charge is 0.249 e. The summed E-state index contributed by atoms with van der Waals surface area (Å²) in [6, 6.07) is 0.711. The van der Waals surface area contributed by atoms with Crippen molar-refractivity contribution in [2.75, 3.05) is 20.1 Å². The molecular weight excluding hydrogens is 254 g/mol. The minimum absolute atomic E-state index is 0.0260. The molecule has 5 heteroatoms. The minimum Gasteiger partial charge on any atom is -0.340 e. The summed E-state index contributed by atoms with van der Waals surface area (Å²) in [5.74, 6) is 0.203. The maximum Gasteiger partial charge on any atom is 0.249 e. The number of rotatable bonds is 1. The summed E-state index contributed by atoms with van der Waals surface area (Å²) >= 11 is 0. The average molecular weight is 279 g/mol. The van der Waals surface area contributed by atoms with E-state index in [0.717, 1.165) is 45.1 Å². The molecule has 2 saturated heterocycles. The van der Waals surface area contributed by atoms with E-state index in [4.69, 9.17) is 0 Å². The maximum atomic E-state index is 12.9. The summed E-state index contributed by atoms with van der Waals surface area (Å²) in [6.45, 7) is 3.46. The molecular formula is C15H25N3O2. The van der Waals surface area contributed by atoms with Crippen molar-refractivity contribution >= 4 is 11.8 Å². The molecule has 3 fully saturated rings. The molecule has 1 spiro atoms. The molecule has 2 heterocycles. The Morgan fingerprint density at radius 2 is 1.95 bits per heavy atom. The predicted octanol–water partition coefficient (Wildman–Crippen LogP) is 0.740. The maximum absolute atomic E-state index is 12.9. The van der Waals surface area contributed by atoms with Gasteiger partial charge in [-0.2, -0.15) is 0 Å². The largest absolute Gasteiger partial charge is 0.340 e. The third-order valence-corrected chi connectivity index (χ3v) is 5.44. The Kier molecular flexibility index (Phi) is 3.48. The Hall–Kier alpha value is -1.10. The van der Waals surface area contributed by atoms with Crippen LogP contribution in [0.4, 0.5) is 0 Å². The fraction of sp³-hybridized carbons (Fsp3) is 0.867. The first kappa shape index (κ1) is 13.9. The Morgan fingerprint density at radius 3 is 2.60 bits per heavy atom. The summed E-state index contributed by atoms with van der Waals surface area (Å²) in [5, 5.41) is 2.99. The van der Waals surface area contributed by atoms with E-state index in [0.29, 0.717) is 6.04 Å². The zero-order valence-electron chi connectivity index (χ0n) is 12.5. The van der Waals surface area contributed by atoms with Gasteiger partial charge in [-0.05, 0) is 39.7 Å². The van der Waals surface area contributed by atoms with Gasteiger partial charge in [0.15, 0.2) is 0 Å². The van der Waals surface area contributed by atoms with Crippen molar-refractivity contribution in [2.24, 2.45) is 0 Å². The van der Waals surface area contributed by atoms with Gasteiger partial charge in [-0.1, -0.05) is 12.8 Å². The number of nitrogens with one attached hydrogen (secondary N) is 1. The average Bonchev–Trinajstić information content (AvgIpc) is 2.86. The fourth-order valence-corrected chi connectivity index (χ4v) is 4.02. The molecule has 2 unspecified atom stereocenters. The van der Waals surface area contributed by atoms with Crippen LogP contribution in [-0.2, 0) is 9.59 Å². The molecule has 3 rings (SSSR count). The molecule has 0 radical (unpaired) electrons. The van der Waals surface area contributed by atoms with Crippen LogP contribution in [-0.4, -0.2) is 59.4 Å². The highest BCUT2D eigenvalue weighted by Gasteiger charge is 2.50. The van der Waals surface area contributed by atoms with Crippen molar-refractivity contribution in [3.8, 4) is 0 Å². The van der Waals surface area contributed by atoms with E-state index in [-0.39, 0.29) is 24.4 Å². The standard InChI is InChI=1S/C15H25N3O2/c1-11-9-12(5-8-17(11)2)18-10-13(19)16-15(14(18)20)6-3-4-7-15/h11-12H,3-10H2,1-2H3,(H,16,19). The molecule has 5 nitrogen and oxygen atoms in total. The highest BCUT2D eigenvalue weighted by atomic mass is 16.2. The van der Waals surface area contributed by atoms with E-state index in [1.807, 2.05) is 4.90 Å². The zero-order valence-corrected chi connectivity index (χ0v) is 12.5. The van der Waals surface area contributed by atoms with Gasteiger partial charge in [0.05, 0.1) is 6.54 Å². The van der Waals surface area contributed by atoms with E-state index < -0.39 is 5.54 Å². The number of hydrogen-bond donors (Lipinski definition) is 1. The summed E-state index contributed by atoms with van der Waals surface area (Å²) < 4.78 is 0. The third kappa shape index (κ3) is 2.22. The summed E-state index contributed by atoms with van der Waals surface area (Å²) in [5.41, 5.74) is -0.568. The number of carbonyl (C=O) groups is 2. The summed E-state index contributed by atoms with van der Waals surface area (Å²) in [6.07, 6.45) is 5.68. The van der Waals surface area contributed by atoms with Crippen LogP contribution in [0.2, 0.25) is 0 Å². The number of amides is 2. The molecule has 20 heavy (non-hydrogen) atoms. The number of likely N-dealkylation sites (tertiary alicyclic amines) is 1. The normalized spacial score (nSPS) is 34.6. The predicted molar refractivity (Wildman–Crippen MR) is 76.2 cm³/mol. The Bertz CT molecular complexity index is 417. The quantitative estimate of drug-likeness (QED) is 0.770. The van der Waals surface area contributed by atoms with Crippen molar-refractivity contribution < 1.29 is 9.59 Å². The van der Waals surface area contributed by atoms with Gasteiger partial charge in [0.25, 0.3) is 0 Å². The lowest BCUT2D eigenvalue weighted by molar-refractivity contribution is -0.153. The van der Waals surface area contributed by atoms with Crippen LogP contribution < -0.4 is 5.32 Å². The second-order valence-corrected chi connectivity index (χ2v) is 6.78. The van der Waals surface area contributed by atoms with Gasteiger partial charge in [-0.15, -0.1) is 0 Å². The molecule has 2 amide bonds. The molecule has 112 valence electrons. The number of piperidine rings is 1. The van der Waals surface area contributed by atoms with Crippen molar-refractivity contribution in [1.29, 1.82) is 0 Å². The van der Waals surface area contributed by atoms with Crippen LogP contribution in [0.25, 0.3) is 0 Å². The summed E-state index contributed by atoms with van der Waals surface area (Å²) in [7, 11) is 2.13. The van der Waals surface area contributed by atoms with Gasteiger partial charge < -0.3 is 15.1 Å². The van der Waals surface area contributed by atoms with E-state index in [1.165, 1.54) is 0 Å². The molecule has 0 aromatic carbocycles.